The summed E-state index contributed by atoms with van der Waals surface area (Å²) in [5.74, 6) is -0.0732. The Labute approximate surface area is 118 Å². The molecule has 1 amide bonds. The predicted octanol–water partition coefficient (Wildman–Crippen LogP) is 1.24. The van der Waals surface area contributed by atoms with Crippen LogP contribution in [0.4, 0.5) is 5.69 Å². The van der Waals surface area contributed by atoms with Crippen LogP contribution in [0.1, 0.15) is 21.6 Å². The van der Waals surface area contributed by atoms with Gasteiger partial charge in [0.2, 0.25) is 0 Å². The smallest absolute Gasteiger partial charge is 0.276 e. The minimum atomic E-state index is -0.0732. The van der Waals surface area contributed by atoms with Crippen molar-refractivity contribution in [1.82, 2.24) is 14.7 Å². The van der Waals surface area contributed by atoms with E-state index in [9.17, 15) is 4.79 Å². The maximum atomic E-state index is 12.5. The van der Waals surface area contributed by atoms with Crippen molar-refractivity contribution in [2.24, 2.45) is 7.05 Å². The number of aryl methyl sites for hydroxylation is 1. The van der Waals surface area contributed by atoms with Gasteiger partial charge in [0, 0.05) is 26.3 Å². The van der Waals surface area contributed by atoms with Crippen LogP contribution in [0.2, 0.25) is 0 Å². The van der Waals surface area contributed by atoms with E-state index in [1.165, 1.54) is 11.1 Å². The Morgan fingerprint density at radius 2 is 1.80 bits per heavy atom. The summed E-state index contributed by atoms with van der Waals surface area (Å²) in [4.78, 5) is 14.4. The highest BCUT2D eigenvalue weighted by atomic mass is 16.2. The molecular weight excluding hydrogens is 252 g/mol. The van der Waals surface area contributed by atoms with Crippen molar-refractivity contribution >= 4 is 11.6 Å². The Morgan fingerprint density at radius 3 is 2.30 bits per heavy atom. The lowest BCUT2D eigenvalue weighted by Crippen LogP contribution is -2.34. The minimum Gasteiger partial charge on any atom is -0.396 e. The number of nitrogen functional groups attached to an aromatic ring is 1. The molecule has 104 valence electrons. The number of hydrogen-bond donors (Lipinski definition) is 1. The zero-order valence-electron chi connectivity index (χ0n) is 11.5. The molecule has 0 radical (unpaired) electrons. The van der Waals surface area contributed by atoms with Crippen molar-refractivity contribution in [3.05, 3.63) is 47.3 Å². The molecule has 1 aromatic carbocycles. The summed E-state index contributed by atoms with van der Waals surface area (Å²) in [6.45, 7) is 1.43. The lowest BCUT2D eigenvalue weighted by Gasteiger charge is -2.19. The molecule has 0 aliphatic carbocycles. The average molecular weight is 270 g/mol. The van der Waals surface area contributed by atoms with Gasteiger partial charge in [-0.1, -0.05) is 24.3 Å². The minimum absolute atomic E-state index is 0.0732. The van der Waals surface area contributed by atoms with E-state index in [2.05, 4.69) is 17.2 Å². The first kappa shape index (κ1) is 12.7. The Bertz CT molecular complexity index is 620. The fourth-order valence-corrected chi connectivity index (χ4v) is 2.69. The van der Waals surface area contributed by atoms with E-state index >= 15 is 0 Å². The van der Waals surface area contributed by atoms with E-state index in [1.807, 2.05) is 17.0 Å². The third-order valence-corrected chi connectivity index (χ3v) is 3.77. The second-order valence-corrected chi connectivity index (χ2v) is 5.17. The first-order valence-electron chi connectivity index (χ1n) is 6.80. The molecule has 1 aromatic heterocycles. The Morgan fingerprint density at radius 1 is 1.20 bits per heavy atom. The molecule has 2 N–H and O–H groups in total. The molecule has 20 heavy (non-hydrogen) atoms. The molecule has 1 aliphatic rings. The molecule has 5 nitrogen and oxygen atoms in total. The number of hydrogen-bond acceptors (Lipinski definition) is 3. The van der Waals surface area contributed by atoms with Gasteiger partial charge in [-0.3, -0.25) is 9.48 Å². The summed E-state index contributed by atoms with van der Waals surface area (Å²) in [7, 11) is 1.77. The number of nitrogens with two attached hydrogens (primary N) is 1. The number of nitrogens with zero attached hydrogens (tertiary/aromatic N) is 3. The number of aromatic nitrogens is 2. The van der Waals surface area contributed by atoms with E-state index < -0.39 is 0 Å². The van der Waals surface area contributed by atoms with Crippen LogP contribution in [0.25, 0.3) is 0 Å². The van der Waals surface area contributed by atoms with Gasteiger partial charge in [-0.15, -0.1) is 0 Å². The molecule has 0 unspecified atom stereocenters. The van der Waals surface area contributed by atoms with Crippen molar-refractivity contribution in [3.63, 3.8) is 0 Å². The van der Waals surface area contributed by atoms with Crippen molar-refractivity contribution < 1.29 is 4.79 Å². The van der Waals surface area contributed by atoms with Gasteiger partial charge in [-0.25, -0.2) is 0 Å². The zero-order chi connectivity index (χ0) is 14.1. The third kappa shape index (κ3) is 2.27. The van der Waals surface area contributed by atoms with Crippen LogP contribution in [-0.2, 0) is 19.9 Å². The molecule has 2 aromatic rings. The Hall–Kier alpha value is -2.30. The second-order valence-electron chi connectivity index (χ2n) is 5.17. The third-order valence-electron chi connectivity index (χ3n) is 3.77. The van der Waals surface area contributed by atoms with Crippen LogP contribution < -0.4 is 5.73 Å². The molecule has 5 heteroatoms. The zero-order valence-corrected chi connectivity index (χ0v) is 11.5. The van der Waals surface area contributed by atoms with Crippen LogP contribution in [0, 0.1) is 0 Å². The number of anilines is 1. The highest BCUT2D eigenvalue weighted by Crippen LogP contribution is 2.18. The highest BCUT2D eigenvalue weighted by Gasteiger charge is 2.23. The molecule has 0 atom stereocenters. The molecule has 1 aliphatic heterocycles. The normalized spacial score (nSPS) is 14.8. The molecule has 0 spiro atoms. The van der Waals surface area contributed by atoms with E-state index in [-0.39, 0.29) is 5.91 Å². The summed E-state index contributed by atoms with van der Waals surface area (Å²) in [6.07, 6.45) is 3.43. The fraction of sp³-hybridized carbons (Fsp3) is 0.333. The van der Waals surface area contributed by atoms with Crippen LogP contribution >= 0.6 is 0 Å². The van der Waals surface area contributed by atoms with Gasteiger partial charge in [-0.2, -0.15) is 5.10 Å². The number of benzene rings is 1. The van der Waals surface area contributed by atoms with Crippen molar-refractivity contribution in [2.75, 3.05) is 18.8 Å². The van der Waals surface area contributed by atoms with Gasteiger partial charge in [0.15, 0.2) is 5.69 Å². The Balaban J connectivity index is 1.80. The van der Waals surface area contributed by atoms with Crippen LogP contribution in [0.3, 0.4) is 0 Å². The summed E-state index contributed by atoms with van der Waals surface area (Å²) in [5, 5.41) is 4.17. The second kappa shape index (κ2) is 5.00. The first-order chi connectivity index (χ1) is 9.65. The summed E-state index contributed by atoms with van der Waals surface area (Å²) in [5.41, 5.74) is 9.31. The van der Waals surface area contributed by atoms with Crippen LogP contribution in [0.5, 0.6) is 0 Å². The molecule has 3 rings (SSSR count). The van der Waals surface area contributed by atoms with E-state index in [0.717, 1.165) is 12.8 Å². The topological polar surface area (TPSA) is 64.2 Å². The number of rotatable bonds is 1. The van der Waals surface area contributed by atoms with Gasteiger partial charge in [0.25, 0.3) is 5.91 Å². The lowest BCUT2D eigenvalue weighted by atomic mass is 10.0. The van der Waals surface area contributed by atoms with Gasteiger partial charge in [0.05, 0.1) is 5.69 Å². The molecule has 0 fully saturated rings. The Kier molecular flexibility index (Phi) is 3.18. The quantitative estimate of drug-likeness (QED) is 0.848. The number of amides is 1. The summed E-state index contributed by atoms with van der Waals surface area (Å²) < 4.78 is 1.58. The molecule has 0 saturated heterocycles. The van der Waals surface area contributed by atoms with E-state index in [1.54, 1.807) is 17.9 Å². The van der Waals surface area contributed by atoms with Gasteiger partial charge >= 0.3 is 0 Å². The van der Waals surface area contributed by atoms with Crippen molar-refractivity contribution in [1.29, 1.82) is 0 Å². The lowest BCUT2D eigenvalue weighted by molar-refractivity contribution is 0.0757. The van der Waals surface area contributed by atoms with Gasteiger partial charge in [-0.05, 0) is 24.0 Å². The number of carbonyl (C=O) groups is 1. The van der Waals surface area contributed by atoms with Crippen molar-refractivity contribution in [2.45, 2.75) is 12.8 Å². The van der Waals surface area contributed by atoms with Crippen LogP contribution in [-0.4, -0.2) is 33.7 Å². The average Bonchev–Trinajstić information content (AvgIpc) is 2.66. The monoisotopic (exact) mass is 270 g/mol. The number of carbonyl (C=O) groups excluding carboxylic acids is 1. The van der Waals surface area contributed by atoms with E-state index in [0.29, 0.717) is 24.5 Å². The predicted molar refractivity (Wildman–Crippen MR) is 77.4 cm³/mol. The van der Waals surface area contributed by atoms with E-state index in [4.69, 9.17) is 5.73 Å². The highest BCUT2D eigenvalue weighted by molar-refractivity contribution is 5.97. The molecule has 0 bridgehead atoms. The molecule has 2 heterocycles. The van der Waals surface area contributed by atoms with Gasteiger partial charge in [0.1, 0.15) is 0 Å². The van der Waals surface area contributed by atoms with Crippen molar-refractivity contribution in [3.8, 4) is 0 Å². The summed E-state index contributed by atoms with van der Waals surface area (Å²) >= 11 is 0. The number of fused-ring (bicyclic) bond motifs is 1. The molecule has 0 saturated carbocycles. The molecular formula is C15H18N4O. The first-order valence-corrected chi connectivity index (χ1v) is 6.80. The van der Waals surface area contributed by atoms with Gasteiger partial charge < -0.3 is 10.6 Å². The standard InChI is InChI=1S/C15H18N4O/c1-18-10-13(16)14(17-18)15(20)19-8-6-11-4-2-3-5-12(11)7-9-19/h2-5,10H,6-9,16H2,1H3. The fourth-order valence-electron chi connectivity index (χ4n) is 2.69. The van der Waals surface area contributed by atoms with Crippen LogP contribution in [0.15, 0.2) is 30.5 Å². The maximum Gasteiger partial charge on any atom is 0.276 e. The summed E-state index contributed by atoms with van der Waals surface area (Å²) in [6, 6.07) is 8.37. The maximum absolute atomic E-state index is 12.5. The SMILES string of the molecule is Cn1cc(N)c(C(=O)N2CCc3ccccc3CC2)n1. The largest absolute Gasteiger partial charge is 0.396 e.